The minimum atomic E-state index is 0.274. The summed E-state index contributed by atoms with van der Waals surface area (Å²) in [6.07, 6.45) is 2.43. The monoisotopic (exact) mass is 404 g/mol. The zero-order valence-electron chi connectivity index (χ0n) is 15.9. The summed E-state index contributed by atoms with van der Waals surface area (Å²) in [5, 5.41) is 4.87. The van der Waals surface area contributed by atoms with Crippen molar-refractivity contribution < 1.29 is 4.74 Å². The van der Waals surface area contributed by atoms with Crippen LogP contribution in [0.25, 0.3) is 11.1 Å². The van der Waals surface area contributed by atoms with E-state index in [1.54, 1.807) is 0 Å². The highest BCUT2D eigenvalue weighted by Gasteiger charge is 2.38. The summed E-state index contributed by atoms with van der Waals surface area (Å²) < 4.78 is 6.48. The van der Waals surface area contributed by atoms with E-state index >= 15 is 0 Å². The third-order valence-electron chi connectivity index (χ3n) is 5.64. The molecular formula is C22H26Cl2N2O. The van der Waals surface area contributed by atoms with Gasteiger partial charge in [0.25, 0.3) is 0 Å². The molecule has 0 aliphatic carbocycles. The maximum atomic E-state index is 6.54. The number of piperidine rings is 1. The minimum Gasteiger partial charge on any atom is -0.487 e. The van der Waals surface area contributed by atoms with Crippen molar-refractivity contribution >= 4 is 28.9 Å². The fourth-order valence-electron chi connectivity index (χ4n) is 4.31. The lowest BCUT2D eigenvalue weighted by molar-refractivity contribution is 0.172. The third kappa shape index (κ3) is 3.53. The van der Waals surface area contributed by atoms with Gasteiger partial charge in [-0.15, -0.1) is 0 Å². The molecule has 0 amide bonds. The zero-order valence-corrected chi connectivity index (χ0v) is 17.4. The van der Waals surface area contributed by atoms with Crippen LogP contribution in [0.3, 0.4) is 0 Å². The van der Waals surface area contributed by atoms with Crippen LogP contribution in [0.5, 0.6) is 5.75 Å². The molecule has 2 aliphatic rings. The largest absolute Gasteiger partial charge is 0.487 e. The average molecular weight is 405 g/mol. The number of benzene rings is 2. The Kier molecular flexibility index (Phi) is 5.54. The second-order valence-corrected chi connectivity index (χ2v) is 8.22. The van der Waals surface area contributed by atoms with E-state index in [2.05, 4.69) is 36.2 Å². The van der Waals surface area contributed by atoms with E-state index in [1.165, 1.54) is 11.3 Å². The molecule has 2 heterocycles. The van der Waals surface area contributed by atoms with Gasteiger partial charge >= 0.3 is 0 Å². The molecule has 2 aromatic carbocycles. The minimum absolute atomic E-state index is 0.274. The first-order chi connectivity index (χ1) is 13.1. The number of ether oxygens (including phenoxy) is 1. The van der Waals surface area contributed by atoms with Crippen molar-refractivity contribution in [1.82, 2.24) is 5.32 Å². The van der Waals surface area contributed by atoms with Crippen molar-refractivity contribution in [2.45, 2.75) is 38.7 Å². The molecule has 4 rings (SSSR count). The van der Waals surface area contributed by atoms with E-state index in [4.69, 9.17) is 27.9 Å². The number of fused-ring (bicyclic) bond motifs is 3. The fourth-order valence-corrected chi connectivity index (χ4v) is 4.83. The maximum Gasteiger partial charge on any atom is 0.146 e. The van der Waals surface area contributed by atoms with Crippen LogP contribution in [0.15, 0.2) is 30.3 Å². The molecule has 1 fully saturated rings. The fraction of sp³-hybridized carbons (Fsp3) is 0.455. The van der Waals surface area contributed by atoms with Crippen LogP contribution in [-0.2, 0) is 0 Å². The summed E-state index contributed by atoms with van der Waals surface area (Å²) in [5.41, 5.74) is 4.65. The van der Waals surface area contributed by atoms with Gasteiger partial charge in [0.05, 0.1) is 5.69 Å². The standard InChI is InChI=1S/C22H26Cl2N2O/c1-3-9-26(4-2)20-11-14(16-6-5-15(23)12-19(16)24)10-17-18-13-25-8-7-21(18)27-22(17)20/h5-6,10-12,18,21,25H,3-4,7-9,13H2,1-2H3. The van der Waals surface area contributed by atoms with Crippen LogP contribution in [0.2, 0.25) is 10.0 Å². The third-order valence-corrected chi connectivity index (χ3v) is 6.19. The second kappa shape index (κ2) is 7.90. The number of anilines is 1. The number of hydrogen-bond acceptors (Lipinski definition) is 3. The van der Waals surface area contributed by atoms with E-state index in [0.29, 0.717) is 16.0 Å². The van der Waals surface area contributed by atoms with Crippen molar-refractivity contribution in [1.29, 1.82) is 0 Å². The molecule has 1 N–H and O–H groups in total. The SMILES string of the molecule is CCCN(CC)c1cc(-c2ccc(Cl)cc2Cl)cc2c1OC1CCNCC21. The van der Waals surface area contributed by atoms with E-state index in [-0.39, 0.29) is 6.10 Å². The number of halogens is 2. The Balaban J connectivity index is 1.86. The smallest absolute Gasteiger partial charge is 0.146 e. The van der Waals surface area contributed by atoms with Gasteiger partial charge in [-0.3, -0.25) is 0 Å². The number of hydrogen-bond donors (Lipinski definition) is 1. The van der Waals surface area contributed by atoms with Crippen LogP contribution in [-0.4, -0.2) is 32.3 Å². The van der Waals surface area contributed by atoms with Crippen molar-refractivity contribution in [3.05, 3.63) is 45.9 Å². The van der Waals surface area contributed by atoms with E-state index in [9.17, 15) is 0 Å². The molecule has 144 valence electrons. The summed E-state index contributed by atoms with van der Waals surface area (Å²) in [7, 11) is 0. The van der Waals surface area contributed by atoms with Gasteiger partial charge in [-0.25, -0.2) is 0 Å². The van der Waals surface area contributed by atoms with Crippen LogP contribution >= 0.6 is 23.2 Å². The van der Waals surface area contributed by atoms with Crippen molar-refractivity contribution in [2.75, 3.05) is 31.1 Å². The Morgan fingerprint density at radius 3 is 2.78 bits per heavy atom. The summed E-state index contributed by atoms with van der Waals surface area (Å²) in [6, 6.07) is 10.2. The molecule has 1 saturated heterocycles. The molecule has 27 heavy (non-hydrogen) atoms. The molecular weight excluding hydrogens is 379 g/mol. The first-order valence-electron chi connectivity index (χ1n) is 9.88. The lowest BCUT2D eigenvalue weighted by Crippen LogP contribution is -2.37. The highest BCUT2D eigenvalue weighted by atomic mass is 35.5. The molecule has 2 unspecified atom stereocenters. The van der Waals surface area contributed by atoms with Gasteiger partial charge in [0.2, 0.25) is 0 Å². The highest BCUT2D eigenvalue weighted by molar-refractivity contribution is 6.36. The lowest BCUT2D eigenvalue weighted by atomic mass is 9.88. The summed E-state index contributed by atoms with van der Waals surface area (Å²) in [4.78, 5) is 2.41. The van der Waals surface area contributed by atoms with E-state index < -0.39 is 0 Å². The molecule has 0 bridgehead atoms. The van der Waals surface area contributed by atoms with Gasteiger partial charge in [0.15, 0.2) is 0 Å². The van der Waals surface area contributed by atoms with Crippen LogP contribution in [0, 0.1) is 0 Å². The summed E-state index contributed by atoms with van der Waals surface area (Å²) >= 11 is 12.7. The maximum absolute atomic E-state index is 6.54. The Hall–Kier alpha value is -1.42. The van der Waals surface area contributed by atoms with Gasteiger partial charge in [-0.05, 0) is 56.1 Å². The van der Waals surface area contributed by atoms with Crippen LogP contribution < -0.4 is 15.0 Å². The molecule has 3 nitrogen and oxygen atoms in total. The quantitative estimate of drug-likeness (QED) is 0.687. The summed E-state index contributed by atoms with van der Waals surface area (Å²) in [5.74, 6) is 1.47. The molecule has 2 aromatic rings. The van der Waals surface area contributed by atoms with Crippen LogP contribution in [0.4, 0.5) is 5.69 Å². The Morgan fingerprint density at radius 1 is 1.19 bits per heavy atom. The average Bonchev–Trinajstić information content (AvgIpc) is 3.04. The Morgan fingerprint density at radius 2 is 2.04 bits per heavy atom. The normalized spacial score (nSPS) is 20.7. The predicted molar refractivity (Wildman–Crippen MR) is 115 cm³/mol. The summed E-state index contributed by atoms with van der Waals surface area (Å²) in [6.45, 7) is 8.37. The number of nitrogens with zero attached hydrogens (tertiary/aromatic N) is 1. The molecule has 0 spiro atoms. The predicted octanol–water partition coefficient (Wildman–Crippen LogP) is 5.73. The molecule has 5 heteroatoms. The number of nitrogens with one attached hydrogen (secondary N) is 1. The van der Waals surface area contributed by atoms with E-state index in [0.717, 1.165) is 55.9 Å². The molecule has 0 radical (unpaired) electrons. The molecule has 2 aliphatic heterocycles. The Labute approximate surface area is 171 Å². The van der Waals surface area contributed by atoms with Gasteiger partial charge in [0.1, 0.15) is 11.9 Å². The highest BCUT2D eigenvalue weighted by Crippen LogP contribution is 2.49. The first-order valence-corrected chi connectivity index (χ1v) is 10.6. The van der Waals surface area contributed by atoms with Gasteiger partial charge in [0, 0.05) is 46.7 Å². The van der Waals surface area contributed by atoms with Crippen molar-refractivity contribution in [2.24, 2.45) is 0 Å². The lowest BCUT2D eigenvalue weighted by Gasteiger charge is -2.26. The second-order valence-electron chi connectivity index (χ2n) is 7.37. The topological polar surface area (TPSA) is 24.5 Å². The molecule has 2 atom stereocenters. The van der Waals surface area contributed by atoms with Gasteiger partial charge < -0.3 is 15.0 Å². The zero-order chi connectivity index (χ0) is 19.0. The Bertz CT molecular complexity index is 839. The number of rotatable bonds is 5. The van der Waals surface area contributed by atoms with Crippen LogP contribution in [0.1, 0.15) is 38.2 Å². The molecule has 0 saturated carbocycles. The van der Waals surface area contributed by atoms with Crippen molar-refractivity contribution in [3.8, 4) is 16.9 Å². The first kappa shape index (κ1) is 18.9. The molecule has 0 aromatic heterocycles. The van der Waals surface area contributed by atoms with Gasteiger partial charge in [-0.1, -0.05) is 36.2 Å². The van der Waals surface area contributed by atoms with Crippen molar-refractivity contribution in [3.63, 3.8) is 0 Å². The van der Waals surface area contributed by atoms with Gasteiger partial charge in [-0.2, -0.15) is 0 Å². The van der Waals surface area contributed by atoms with E-state index in [1.807, 2.05) is 18.2 Å².